The molecule has 0 spiro atoms. The zero-order chi connectivity index (χ0) is 17.5. The smallest absolute Gasteiger partial charge is 0.312 e. The molecular weight excluding hydrogens is 378 g/mol. The summed E-state index contributed by atoms with van der Waals surface area (Å²) >= 11 is 3.15. The molecule has 3 rings (SSSR count). The molecule has 24 heavy (non-hydrogen) atoms. The molecule has 8 heteroatoms. The van der Waals surface area contributed by atoms with E-state index in [1.807, 2.05) is 0 Å². The molecule has 7 nitrogen and oxygen atoms in total. The lowest BCUT2D eigenvalue weighted by Gasteiger charge is -2.15. The Morgan fingerprint density at radius 2 is 2.29 bits per heavy atom. The summed E-state index contributed by atoms with van der Waals surface area (Å²) in [6.45, 7) is 2.15. The first-order valence-electron chi connectivity index (χ1n) is 7.84. The van der Waals surface area contributed by atoms with Crippen LogP contribution in [0.1, 0.15) is 38.2 Å². The molecule has 0 aromatic heterocycles. The molecule has 2 fully saturated rings. The number of hydrazone groups is 1. The van der Waals surface area contributed by atoms with Crippen LogP contribution in [0.4, 0.5) is 5.69 Å². The van der Waals surface area contributed by atoms with E-state index in [2.05, 4.69) is 33.4 Å². The SMILES string of the molecule is CC12CCCCC1C2C(=O)NN=Cc1cc(Br)cc([N+](=O)[O-])c1O. The molecule has 2 aliphatic rings. The molecule has 2 aliphatic carbocycles. The van der Waals surface area contributed by atoms with Crippen LogP contribution >= 0.6 is 15.9 Å². The van der Waals surface area contributed by atoms with E-state index in [-0.39, 0.29) is 22.8 Å². The molecule has 1 amide bonds. The van der Waals surface area contributed by atoms with Gasteiger partial charge in [-0.1, -0.05) is 35.7 Å². The van der Waals surface area contributed by atoms with Gasteiger partial charge in [0, 0.05) is 22.0 Å². The van der Waals surface area contributed by atoms with Gasteiger partial charge in [-0.15, -0.1) is 0 Å². The monoisotopic (exact) mass is 395 g/mol. The van der Waals surface area contributed by atoms with E-state index in [1.165, 1.54) is 24.8 Å². The van der Waals surface area contributed by atoms with Crippen molar-refractivity contribution in [3.8, 4) is 5.75 Å². The van der Waals surface area contributed by atoms with Crippen molar-refractivity contribution < 1.29 is 14.8 Å². The fraction of sp³-hybridized carbons (Fsp3) is 0.500. The predicted octanol–water partition coefficient (Wildman–Crippen LogP) is 3.34. The number of hydrogen-bond acceptors (Lipinski definition) is 5. The lowest BCUT2D eigenvalue weighted by Crippen LogP contribution is -2.22. The Labute approximate surface area is 147 Å². The first-order chi connectivity index (χ1) is 11.3. The highest BCUT2D eigenvalue weighted by Gasteiger charge is 2.64. The van der Waals surface area contributed by atoms with Crippen LogP contribution in [-0.2, 0) is 4.79 Å². The molecule has 0 aliphatic heterocycles. The molecule has 2 saturated carbocycles. The average Bonchev–Trinajstić information content (AvgIpc) is 3.15. The highest BCUT2D eigenvalue weighted by atomic mass is 79.9. The minimum Gasteiger partial charge on any atom is -0.502 e. The predicted molar refractivity (Wildman–Crippen MR) is 91.8 cm³/mol. The molecule has 0 bridgehead atoms. The van der Waals surface area contributed by atoms with Crippen molar-refractivity contribution in [2.75, 3.05) is 0 Å². The van der Waals surface area contributed by atoms with Crippen molar-refractivity contribution in [2.24, 2.45) is 22.4 Å². The van der Waals surface area contributed by atoms with Crippen LogP contribution in [-0.4, -0.2) is 22.2 Å². The van der Waals surface area contributed by atoms with Crippen LogP contribution in [0.2, 0.25) is 0 Å². The number of nitrogens with zero attached hydrogens (tertiary/aromatic N) is 2. The van der Waals surface area contributed by atoms with Crippen molar-refractivity contribution in [2.45, 2.75) is 32.6 Å². The van der Waals surface area contributed by atoms with Gasteiger partial charge in [-0.25, -0.2) is 5.43 Å². The average molecular weight is 396 g/mol. The number of carbonyl (C=O) groups is 1. The lowest BCUT2D eigenvalue weighted by atomic mass is 9.90. The number of phenols is 1. The van der Waals surface area contributed by atoms with Gasteiger partial charge in [-0.3, -0.25) is 14.9 Å². The van der Waals surface area contributed by atoms with Gasteiger partial charge in [0.15, 0.2) is 0 Å². The van der Waals surface area contributed by atoms with E-state index in [0.717, 1.165) is 19.3 Å². The van der Waals surface area contributed by atoms with Gasteiger partial charge in [0.2, 0.25) is 11.7 Å². The lowest BCUT2D eigenvalue weighted by molar-refractivity contribution is -0.385. The van der Waals surface area contributed by atoms with Crippen LogP contribution in [0.5, 0.6) is 5.75 Å². The Morgan fingerprint density at radius 1 is 1.54 bits per heavy atom. The topological polar surface area (TPSA) is 105 Å². The van der Waals surface area contributed by atoms with Crippen LogP contribution < -0.4 is 5.43 Å². The van der Waals surface area contributed by atoms with E-state index in [1.54, 1.807) is 0 Å². The Balaban J connectivity index is 1.69. The Bertz CT molecular complexity index is 736. The number of rotatable bonds is 4. The van der Waals surface area contributed by atoms with Gasteiger partial charge in [-0.05, 0) is 30.2 Å². The van der Waals surface area contributed by atoms with Crippen molar-refractivity contribution >= 4 is 33.7 Å². The second-order valence-electron chi connectivity index (χ2n) is 6.69. The largest absolute Gasteiger partial charge is 0.502 e. The zero-order valence-electron chi connectivity index (χ0n) is 13.2. The van der Waals surface area contributed by atoms with Crippen molar-refractivity contribution in [3.63, 3.8) is 0 Å². The normalized spacial score (nSPS) is 28.4. The number of fused-ring (bicyclic) bond motifs is 1. The second kappa shape index (κ2) is 6.16. The third-order valence-corrected chi connectivity index (χ3v) is 5.73. The Kier molecular flexibility index (Phi) is 4.33. The summed E-state index contributed by atoms with van der Waals surface area (Å²) in [4.78, 5) is 22.5. The number of carbonyl (C=O) groups excluding carboxylic acids is 1. The van der Waals surface area contributed by atoms with Crippen LogP contribution in [0.3, 0.4) is 0 Å². The zero-order valence-corrected chi connectivity index (χ0v) is 14.7. The van der Waals surface area contributed by atoms with Gasteiger partial charge in [0.25, 0.3) is 0 Å². The molecule has 3 unspecified atom stereocenters. The van der Waals surface area contributed by atoms with E-state index >= 15 is 0 Å². The summed E-state index contributed by atoms with van der Waals surface area (Å²) in [5.41, 5.74) is 2.34. The highest BCUT2D eigenvalue weighted by molar-refractivity contribution is 9.10. The summed E-state index contributed by atoms with van der Waals surface area (Å²) in [6, 6.07) is 2.71. The minimum absolute atomic E-state index is 0.0115. The molecule has 128 valence electrons. The maximum atomic E-state index is 12.3. The quantitative estimate of drug-likeness (QED) is 0.463. The maximum absolute atomic E-state index is 12.3. The van der Waals surface area contributed by atoms with E-state index in [4.69, 9.17) is 0 Å². The fourth-order valence-corrected chi connectivity index (χ4v) is 4.39. The number of benzene rings is 1. The number of hydrogen-bond donors (Lipinski definition) is 2. The number of nitro benzene ring substituents is 1. The number of aromatic hydroxyl groups is 1. The second-order valence-corrected chi connectivity index (χ2v) is 7.61. The Morgan fingerprint density at radius 3 is 2.92 bits per heavy atom. The minimum atomic E-state index is -0.675. The van der Waals surface area contributed by atoms with Gasteiger partial charge in [0.05, 0.1) is 11.1 Å². The summed E-state index contributed by atoms with van der Waals surface area (Å²) < 4.78 is 0.445. The summed E-state index contributed by atoms with van der Waals surface area (Å²) in [7, 11) is 0. The summed E-state index contributed by atoms with van der Waals surface area (Å²) in [5.74, 6) is -0.178. The van der Waals surface area contributed by atoms with E-state index in [9.17, 15) is 20.0 Å². The molecular formula is C16H18BrN3O4. The maximum Gasteiger partial charge on any atom is 0.312 e. The first kappa shape index (κ1) is 16.9. The third kappa shape index (κ3) is 2.90. The van der Waals surface area contributed by atoms with Crippen molar-refractivity contribution in [3.05, 3.63) is 32.3 Å². The first-order valence-corrected chi connectivity index (χ1v) is 8.63. The number of nitro groups is 1. The van der Waals surface area contributed by atoms with Crippen LogP contribution in [0.15, 0.2) is 21.7 Å². The Hall–Kier alpha value is -1.96. The molecule has 0 heterocycles. The molecule has 1 aromatic rings. The van der Waals surface area contributed by atoms with Gasteiger partial charge in [-0.2, -0.15) is 5.10 Å². The fourth-order valence-electron chi connectivity index (χ4n) is 3.93. The van der Waals surface area contributed by atoms with Crippen molar-refractivity contribution in [1.29, 1.82) is 0 Å². The van der Waals surface area contributed by atoms with Gasteiger partial charge in [0.1, 0.15) is 0 Å². The molecule has 0 radical (unpaired) electrons. The highest BCUT2D eigenvalue weighted by Crippen LogP contribution is 2.66. The standard InChI is InChI=1S/C16H18BrN3O4/c1-16-5-3-2-4-11(16)13(16)15(22)19-18-8-9-6-10(17)7-12(14(9)21)20(23)24/h6-8,11,13,21H,2-5H2,1H3,(H,19,22). The van der Waals surface area contributed by atoms with Gasteiger partial charge >= 0.3 is 5.69 Å². The molecule has 0 saturated heterocycles. The third-order valence-electron chi connectivity index (χ3n) is 5.27. The number of phenolic OH excluding ortho intramolecular Hbond substituents is 1. The van der Waals surface area contributed by atoms with E-state index < -0.39 is 16.4 Å². The number of halogens is 1. The van der Waals surface area contributed by atoms with Gasteiger partial charge < -0.3 is 5.11 Å². The summed E-state index contributed by atoms with van der Waals surface area (Å²) in [6.07, 6.45) is 5.70. The van der Waals surface area contributed by atoms with Crippen LogP contribution in [0, 0.1) is 27.4 Å². The molecule has 3 atom stereocenters. The number of amides is 1. The number of nitrogens with one attached hydrogen (secondary N) is 1. The summed E-state index contributed by atoms with van der Waals surface area (Å²) in [5, 5.41) is 24.7. The van der Waals surface area contributed by atoms with Crippen molar-refractivity contribution in [1.82, 2.24) is 5.43 Å². The molecule has 1 aromatic carbocycles. The van der Waals surface area contributed by atoms with Crippen LogP contribution in [0.25, 0.3) is 0 Å². The van der Waals surface area contributed by atoms with E-state index in [0.29, 0.717) is 10.4 Å². The molecule has 2 N–H and O–H groups in total.